The van der Waals surface area contributed by atoms with Crippen molar-refractivity contribution in [3.8, 4) is 22.3 Å². The molecule has 0 aliphatic heterocycles. The van der Waals surface area contributed by atoms with Gasteiger partial charge < -0.3 is 0 Å². The first-order valence-corrected chi connectivity index (χ1v) is 23.2. The van der Waals surface area contributed by atoms with Crippen LogP contribution in [0.15, 0.2) is 231 Å². The summed E-state index contributed by atoms with van der Waals surface area (Å²) >= 11 is 0. The van der Waals surface area contributed by atoms with Gasteiger partial charge in [0.05, 0.1) is 0 Å². The third-order valence-electron chi connectivity index (χ3n) is 12.3. The van der Waals surface area contributed by atoms with Gasteiger partial charge in [0.15, 0.2) is 0 Å². The Morgan fingerprint density at radius 1 is 0.288 bits per heavy atom. The Kier molecular flexibility index (Phi) is 13.8. The molecule has 9 aromatic carbocycles. The van der Waals surface area contributed by atoms with Crippen LogP contribution in [0.1, 0.15) is 80.6 Å². The minimum atomic E-state index is 0.933. The second-order valence-electron chi connectivity index (χ2n) is 16.6. The van der Waals surface area contributed by atoms with Crippen LogP contribution >= 0.6 is 0 Å². The molecule has 9 aromatic rings. The van der Waals surface area contributed by atoms with E-state index in [4.69, 9.17) is 0 Å². The predicted octanol–water partition coefficient (Wildman–Crippen LogP) is 17.7. The Morgan fingerprint density at radius 2 is 0.576 bits per heavy atom. The van der Waals surface area contributed by atoms with E-state index in [-0.39, 0.29) is 0 Å². The van der Waals surface area contributed by atoms with Crippen LogP contribution in [-0.2, 0) is 12.8 Å². The summed E-state index contributed by atoms with van der Waals surface area (Å²) in [5.74, 6) is 0. The second-order valence-corrected chi connectivity index (χ2v) is 16.6. The fourth-order valence-corrected chi connectivity index (χ4v) is 8.80. The number of rotatable bonds is 14. The molecule has 66 heavy (non-hydrogen) atoms. The third-order valence-corrected chi connectivity index (χ3v) is 12.3. The minimum absolute atomic E-state index is 0.933. The van der Waals surface area contributed by atoms with Gasteiger partial charge in [0.25, 0.3) is 0 Å². The summed E-state index contributed by atoms with van der Waals surface area (Å²) in [4.78, 5) is 0. The maximum Gasteiger partial charge on any atom is -0.0105 e. The van der Waals surface area contributed by atoms with E-state index in [9.17, 15) is 0 Å². The first kappa shape index (κ1) is 43.2. The highest BCUT2D eigenvalue weighted by Crippen LogP contribution is 2.37. The molecule has 0 saturated heterocycles. The lowest BCUT2D eigenvalue weighted by Crippen LogP contribution is -1.97. The highest BCUT2D eigenvalue weighted by Gasteiger charge is 2.15. The lowest BCUT2D eigenvalue weighted by molar-refractivity contribution is 1.10. The molecule has 0 fully saturated rings. The molecule has 9 rings (SSSR count). The summed E-state index contributed by atoms with van der Waals surface area (Å²) in [7, 11) is 0. The van der Waals surface area contributed by atoms with Gasteiger partial charge in [-0.3, -0.25) is 0 Å². The lowest BCUT2D eigenvalue weighted by atomic mass is 9.86. The fraction of sp³-hybridized carbons (Fsp3) is 0.0606. The molecule has 0 bridgehead atoms. The van der Waals surface area contributed by atoms with E-state index in [0.29, 0.717) is 0 Å². The monoisotopic (exact) mass is 846 g/mol. The van der Waals surface area contributed by atoms with Crippen molar-refractivity contribution in [2.45, 2.75) is 26.7 Å². The van der Waals surface area contributed by atoms with Crippen molar-refractivity contribution < 1.29 is 0 Å². The topological polar surface area (TPSA) is 0 Å². The van der Waals surface area contributed by atoms with Crippen molar-refractivity contribution in [3.63, 3.8) is 0 Å². The first-order chi connectivity index (χ1) is 32.6. The highest BCUT2D eigenvalue weighted by atomic mass is 14.2. The van der Waals surface area contributed by atoms with Gasteiger partial charge in [-0.15, -0.1) is 0 Å². The number of benzene rings is 9. The van der Waals surface area contributed by atoms with E-state index >= 15 is 0 Å². The molecule has 0 spiro atoms. The van der Waals surface area contributed by atoms with Gasteiger partial charge in [-0.25, -0.2) is 0 Å². The van der Waals surface area contributed by atoms with Crippen molar-refractivity contribution in [3.05, 3.63) is 297 Å². The maximum absolute atomic E-state index is 2.45. The summed E-state index contributed by atoms with van der Waals surface area (Å²) in [5.41, 5.74) is 22.2. The van der Waals surface area contributed by atoms with Gasteiger partial charge in [0, 0.05) is 0 Å². The summed E-state index contributed by atoms with van der Waals surface area (Å²) in [6, 6.07) is 82.8. The Hall–Kier alpha value is -8.06. The van der Waals surface area contributed by atoms with Crippen molar-refractivity contribution in [1.29, 1.82) is 0 Å². The van der Waals surface area contributed by atoms with Crippen molar-refractivity contribution >= 4 is 47.6 Å². The zero-order chi connectivity index (χ0) is 44.9. The Balaban J connectivity index is 0.968. The zero-order valence-corrected chi connectivity index (χ0v) is 37.8. The molecule has 318 valence electrons. The molecule has 0 amide bonds. The summed E-state index contributed by atoms with van der Waals surface area (Å²) in [6.45, 7) is 4.55. The molecule has 0 saturated carbocycles. The molecule has 0 aromatic heterocycles. The van der Waals surface area contributed by atoms with Gasteiger partial charge >= 0.3 is 0 Å². The van der Waals surface area contributed by atoms with Gasteiger partial charge in [0.2, 0.25) is 0 Å². The van der Waals surface area contributed by atoms with Gasteiger partial charge in [-0.05, 0) is 125 Å². The van der Waals surface area contributed by atoms with E-state index in [1.807, 2.05) is 0 Å². The summed E-state index contributed by atoms with van der Waals surface area (Å²) < 4.78 is 0. The molecule has 0 aliphatic rings. The zero-order valence-electron chi connectivity index (χ0n) is 37.8. The van der Waals surface area contributed by atoms with Crippen molar-refractivity contribution in [2.75, 3.05) is 0 Å². The number of hydrogen-bond acceptors (Lipinski definition) is 0. The van der Waals surface area contributed by atoms with Crippen LogP contribution in [-0.4, -0.2) is 0 Å². The van der Waals surface area contributed by atoms with E-state index in [0.717, 1.165) is 12.8 Å². The SMILES string of the molecule is CCc1cc(-c2ccccc2/C=C\c2ccc(C=C(c3ccccc3)c3ccccc3)cc2)c(CC)cc1-c1ccccc1C=Cc1ccc(C=C(c2ccccc2)c2ccccc2)cc1. The molecule has 0 unspecified atom stereocenters. The van der Waals surface area contributed by atoms with Crippen molar-refractivity contribution in [1.82, 2.24) is 0 Å². The molecule has 0 nitrogen and oxygen atoms in total. The van der Waals surface area contributed by atoms with Crippen LogP contribution in [0.25, 0.3) is 69.9 Å². The Labute approximate surface area is 392 Å². The summed E-state index contributed by atoms with van der Waals surface area (Å²) in [6.07, 6.45) is 15.5. The standard InChI is InChI=1S/C66H54/c1-3-53-47-66(62-32-20-18-30-60(62)44-42-50-35-39-52(40-36-50)46-64(57-25-13-7-14-26-57)58-27-15-8-16-28-58)54(4-2)48-65(53)61-31-19-17-29-59(61)43-41-49-33-37-51(38-34-49)45-63(55-21-9-5-10-22-55)56-23-11-6-12-24-56/h5-48H,3-4H2,1-2H3/b43-41-,44-42?. The van der Waals surface area contributed by atoms with E-state index in [2.05, 4.69) is 281 Å². The first-order valence-electron chi connectivity index (χ1n) is 23.2. The number of hydrogen-bond donors (Lipinski definition) is 0. The Morgan fingerprint density at radius 3 is 0.894 bits per heavy atom. The smallest absolute Gasteiger partial charge is 0.0105 e. The fourth-order valence-electron chi connectivity index (χ4n) is 8.80. The normalized spacial score (nSPS) is 11.2. The second kappa shape index (κ2) is 21.1. The predicted molar refractivity (Wildman–Crippen MR) is 287 cm³/mol. The van der Waals surface area contributed by atoms with Crippen LogP contribution in [0, 0.1) is 0 Å². The van der Waals surface area contributed by atoms with E-state index in [1.54, 1.807) is 0 Å². The lowest BCUT2D eigenvalue weighted by Gasteiger charge is -2.18. The van der Waals surface area contributed by atoms with Crippen LogP contribution in [0.5, 0.6) is 0 Å². The summed E-state index contributed by atoms with van der Waals surface area (Å²) in [5, 5.41) is 0. The molecule has 0 N–H and O–H groups in total. The quantitative estimate of drug-likeness (QED) is 0.0957. The largest absolute Gasteiger partial charge is 0.0622 e. The molecule has 0 aliphatic carbocycles. The molecule has 0 atom stereocenters. The van der Waals surface area contributed by atoms with E-state index in [1.165, 1.54) is 100 Å². The minimum Gasteiger partial charge on any atom is -0.0622 e. The average molecular weight is 847 g/mol. The average Bonchev–Trinajstić information content (AvgIpc) is 3.39. The Bertz CT molecular complexity index is 2830. The van der Waals surface area contributed by atoms with Gasteiger partial charge in [-0.1, -0.05) is 269 Å². The molecular weight excluding hydrogens is 793 g/mol. The van der Waals surface area contributed by atoms with Crippen LogP contribution in [0.2, 0.25) is 0 Å². The molecule has 0 radical (unpaired) electrons. The third kappa shape index (κ3) is 10.3. The van der Waals surface area contributed by atoms with Gasteiger partial charge in [-0.2, -0.15) is 0 Å². The maximum atomic E-state index is 2.45. The molecule has 0 heterocycles. The van der Waals surface area contributed by atoms with Crippen molar-refractivity contribution in [2.24, 2.45) is 0 Å². The molecule has 0 heteroatoms. The van der Waals surface area contributed by atoms with Crippen LogP contribution in [0.3, 0.4) is 0 Å². The van der Waals surface area contributed by atoms with E-state index < -0.39 is 0 Å². The van der Waals surface area contributed by atoms with Crippen LogP contribution in [0.4, 0.5) is 0 Å². The highest BCUT2D eigenvalue weighted by molar-refractivity contribution is 5.93. The number of aryl methyl sites for hydroxylation is 2. The van der Waals surface area contributed by atoms with Crippen LogP contribution < -0.4 is 0 Å². The molecular formula is C66H54. The van der Waals surface area contributed by atoms with Gasteiger partial charge in [0.1, 0.15) is 0 Å².